The lowest BCUT2D eigenvalue weighted by Gasteiger charge is -2.32. The molecule has 1 fully saturated rings. The maximum Gasteiger partial charge on any atom is 0.498 e. The normalized spacial score (nSPS) is 19.2. The van der Waals surface area contributed by atoms with Gasteiger partial charge in [-0.3, -0.25) is 0 Å². The molecule has 0 amide bonds. The molecule has 138 valence electrons. The molecule has 0 aromatic heterocycles. The molecule has 0 unspecified atom stereocenters. The van der Waals surface area contributed by atoms with Crippen molar-refractivity contribution in [2.24, 2.45) is 0 Å². The molecule has 3 rings (SSSR count). The van der Waals surface area contributed by atoms with Gasteiger partial charge in [-0.25, -0.2) is 0 Å². The van der Waals surface area contributed by atoms with Crippen molar-refractivity contribution in [3.8, 4) is 11.5 Å². The number of benzene rings is 2. The summed E-state index contributed by atoms with van der Waals surface area (Å²) >= 11 is 0. The van der Waals surface area contributed by atoms with Crippen LogP contribution in [-0.2, 0) is 9.31 Å². The minimum atomic E-state index is -0.462. The lowest BCUT2D eigenvalue weighted by atomic mass is 9.78. The van der Waals surface area contributed by atoms with Gasteiger partial charge in [0.05, 0.1) is 18.3 Å². The smallest absolute Gasteiger partial charge is 0.497 e. The van der Waals surface area contributed by atoms with Crippen molar-refractivity contribution in [2.75, 3.05) is 7.11 Å². The van der Waals surface area contributed by atoms with Gasteiger partial charge < -0.3 is 18.8 Å². The van der Waals surface area contributed by atoms with E-state index in [1.165, 1.54) is 0 Å². The quantitative estimate of drug-likeness (QED) is 0.757. The van der Waals surface area contributed by atoms with Crippen LogP contribution >= 0.6 is 0 Å². The molecular formula is C21H27BO4. The zero-order chi connectivity index (χ0) is 18.9. The Morgan fingerprint density at radius 3 is 2.12 bits per heavy atom. The molecule has 1 atom stereocenters. The molecule has 0 bridgehead atoms. The summed E-state index contributed by atoms with van der Waals surface area (Å²) in [6.07, 6.45) is -0.0522. The molecule has 0 aliphatic carbocycles. The van der Waals surface area contributed by atoms with Crippen LogP contribution < -0.4 is 14.9 Å². The van der Waals surface area contributed by atoms with Crippen LogP contribution in [0.15, 0.2) is 48.5 Å². The fraction of sp³-hybridized carbons (Fsp3) is 0.429. The molecule has 1 saturated heterocycles. The molecule has 0 N–H and O–H groups in total. The zero-order valence-corrected chi connectivity index (χ0v) is 16.4. The highest BCUT2D eigenvalue weighted by atomic mass is 16.7. The van der Waals surface area contributed by atoms with Crippen molar-refractivity contribution in [2.45, 2.75) is 51.9 Å². The number of rotatable bonds is 5. The topological polar surface area (TPSA) is 36.9 Å². The van der Waals surface area contributed by atoms with Crippen molar-refractivity contribution in [3.63, 3.8) is 0 Å². The number of hydrogen-bond donors (Lipinski definition) is 0. The molecule has 2 aromatic rings. The van der Waals surface area contributed by atoms with Crippen LogP contribution in [-0.4, -0.2) is 25.4 Å². The highest BCUT2D eigenvalue weighted by Gasteiger charge is 2.52. The van der Waals surface area contributed by atoms with E-state index in [0.717, 1.165) is 16.8 Å². The molecule has 26 heavy (non-hydrogen) atoms. The van der Waals surface area contributed by atoms with Gasteiger partial charge in [0, 0.05) is 11.5 Å². The summed E-state index contributed by atoms with van der Waals surface area (Å²) in [7, 11) is 1.18. The molecule has 1 heterocycles. The molecule has 1 aliphatic rings. The second-order valence-electron chi connectivity index (χ2n) is 7.66. The summed E-state index contributed by atoms with van der Waals surface area (Å²) in [5.74, 6) is 1.44. The SMILES string of the molecule is COc1cc(O[C@@H](C)c2ccccc2)ccc1B1OC(C)(C)C(C)(C)O1. The first-order chi connectivity index (χ1) is 12.2. The molecule has 2 aromatic carbocycles. The maximum atomic E-state index is 6.14. The fourth-order valence-electron chi connectivity index (χ4n) is 2.93. The fourth-order valence-corrected chi connectivity index (χ4v) is 2.93. The van der Waals surface area contributed by atoms with Gasteiger partial charge in [0.25, 0.3) is 0 Å². The van der Waals surface area contributed by atoms with Crippen molar-refractivity contribution < 1.29 is 18.8 Å². The van der Waals surface area contributed by atoms with E-state index in [1.807, 2.05) is 71.0 Å². The molecule has 0 spiro atoms. The standard InChI is InChI=1S/C21H27BO4/c1-15(16-10-8-7-9-11-16)24-17-12-13-18(19(14-17)23-6)22-25-20(2,3)21(4,5)26-22/h7-15H,1-6H3/t15-/m0/s1. The third-order valence-electron chi connectivity index (χ3n) is 5.29. The third-order valence-corrected chi connectivity index (χ3v) is 5.29. The zero-order valence-electron chi connectivity index (χ0n) is 16.4. The maximum absolute atomic E-state index is 6.14. The summed E-state index contributed by atoms with van der Waals surface area (Å²) in [5, 5.41) is 0. The lowest BCUT2D eigenvalue weighted by Crippen LogP contribution is -2.41. The van der Waals surface area contributed by atoms with Crippen LogP contribution in [0.5, 0.6) is 11.5 Å². The first kappa shape index (κ1) is 18.8. The lowest BCUT2D eigenvalue weighted by molar-refractivity contribution is 0.00578. The van der Waals surface area contributed by atoms with Gasteiger partial charge in [0.15, 0.2) is 0 Å². The molecule has 1 aliphatic heterocycles. The van der Waals surface area contributed by atoms with Gasteiger partial charge in [-0.15, -0.1) is 0 Å². The number of methoxy groups -OCH3 is 1. The molecule has 5 heteroatoms. The molecular weight excluding hydrogens is 327 g/mol. The van der Waals surface area contributed by atoms with Crippen LogP contribution in [0.1, 0.15) is 46.3 Å². The summed E-state index contributed by atoms with van der Waals surface area (Å²) in [6.45, 7) is 10.2. The second kappa shape index (κ2) is 6.97. The molecule has 4 nitrogen and oxygen atoms in total. The Kier molecular flexibility index (Phi) is 5.04. The van der Waals surface area contributed by atoms with Crippen LogP contribution in [0.25, 0.3) is 0 Å². The highest BCUT2D eigenvalue weighted by molar-refractivity contribution is 6.63. The van der Waals surface area contributed by atoms with E-state index in [1.54, 1.807) is 7.11 Å². The van der Waals surface area contributed by atoms with Crippen LogP contribution in [0.4, 0.5) is 0 Å². The Bertz CT molecular complexity index is 742. The van der Waals surface area contributed by atoms with Crippen molar-refractivity contribution >= 4 is 12.6 Å². The van der Waals surface area contributed by atoms with Crippen LogP contribution in [0, 0.1) is 0 Å². The number of hydrogen-bond acceptors (Lipinski definition) is 4. The summed E-state index contributed by atoms with van der Waals surface area (Å²) in [5.41, 5.74) is 1.21. The predicted octanol–water partition coefficient (Wildman–Crippen LogP) is 4.13. The van der Waals surface area contributed by atoms with Crippen molar-refractivity contribution in [1.29, 1.82) is 0 Å². The van der Waals surface area contributed by atoms with E-state index in [4.69, 9.17) is 18.8 Å². The average molecular weight is 354 g/mol. The van der Waals surface area contributed by atoms with Gasteiger partial charge in [-0.2, -0.15) is 0 Å². The Morgan fingerprint density at radius 1 is 0.923 bits per heavy atom. The van der Waals surface area contributed by atoms with Gasteiger partial charge in [0.1, 0.15) is 17.6 Å². The average Bonchev–Trinajstić information content (AvgIpc) is 2.83. The van der Waals surface area contributed by atoms with E-state index in [2.05, 4.69) is 12.1 Å². The first-order valence-electron chi connectivity index (χ1n) is 8.99. The van der Waals surface area contributed by atoms with E-state index >= 15 is 0 Å². The van der Waals surface area contributed by atoms with Gasteiger partial charge in [0.2, 0.25) is 0 Å². The van der Waals surface area contributed by atoms with E-state index < -0.39 is 7.12 Å². The monoisotopic (exact) mass is 354 g/mol. The number of ether oxygens (including phenoxy) is 2. The first-order valence-corrected chi connectivity index (χ1v) is 8.99. The van der Waals surface area contributed by atoms with E-state index in [0.29, 0.717) is 5.75 Å². The Labute approximate surface area is 156 Å². The van der Waals surface area contributed by atoms with Crippen molar-refractivity contribution in [3.05, 3.63) is 54.1 Å². The summed E-state index contributed by atoms with van der Waals surface area (Å²) in [4.78, 5) is 0. The van der Waals surface area contributed by atoms with Crippen LogP contribution in [0.3, 0.4) is 0 Å². The summed E-state index contributed by atoms with van der Waals surface area (Å²) in [6, 6.07) is 15.9. The predicted molar refractivity (Wildman–Crippen MR) is 104 cm³/mol. The minimum Gasteiger partial charge on any atom is -0.497 e. The third kappa shape index (κ3) is 3.60. The van der Waals surface area contributed by atoms with Gasteiger partial charge in [-0.1, -0.05) is 36.4 Å². The van der Waals surface area contributed by atoms with E-state index in [9.17, 15) is 0 Å². The summed E-state index contributed by atoms with van der Waals surface area (Å²) < 4.78 is 23.9. The largest absolute Gasteiger partial charge is 0.498 e. The van der Waals surface area contributed by atoms with E-state index in [-0.39, 0.29) is 17.3 Å². The van der Waals surface area contributed by atoms with Gasteiger partial charge >= 0.3 is 7.12 Å². The minimum absolute atomic E-state index is 0.0522. The van der Waals surface area contributed by atoms with Gasteiger partial charge in [-0.05, 0) is 46.2 Å². The molecule has 0 saturated carbocycles. The highest BCUT2D eigenvalue weighted by Crippen LogP contribution is 2.37. The molecule has 0 radical (unpaired) electrons. The Hall–Kier alpha value is -1.98. The Morgan fingerprint density at radius 2 is 1.54 bits per heavy atom. The van der Waals surface area contributed by atoms with Crippen molar-refractivity contribution in [1.82, 2.24) is 0 Å². The Balaban J connectivity index is 1.81. The van der Waals surface area contributed by atoms with Crippen LogP contribution in [0.2, 0.25) is 0 Å². The second-order valence-corrected chi connectivity index (χ2v) is 7.66.